The zero-order valence-corrected chi connectivity index (χ0v) is 23.2. The van der Waals surface area contributed by atoms with Crippen molar-refractivity contribution in [2.75, 3.05) is 11.9 Å². The molecule has 3 aromatic rings. The van der Waals surface area contributed by atoms with Crippen molar-refractivity contribution in [2.45, 2.75) is 12.8 Å². The van der Waals surface area contributed by atoms with Gasteiger partial charge in [0, 0.05) is 5.69 Å². The molecule has 0 bridgehead atoms. The molecule has 0 atom stereocenters. The summed E-state index contributed by atoms with van der Waals surface area (Å²) < 4.78 is 5.25. The quantitative estimate of drug-likeness (QED) is 0.277. The molecule has 3 N–H and O–H groups in total. The molecule has 0 amide bonds. The Hall–Kier alpha value is -2.19. The molecule has 0 unspecified atom stereocenters. The van der Waals surface area contributed by atoms with Gasteiger partial charge >= 0.3 is 41.5 Å². The van der Waals surface area contributed by atoms with Crippen LogP contribution in [0.4, 0.5) is 11.4 Å². The summed E-state index contributed by atoms with van der Waals surface area (Å²) in [6, 6.07) is 17.3. The van der Waals surface area contributed by atoms with Crippen LogP contribution in [0.3, 0.4) is 0 Å². The van der Waals surface area contributed by atoms with Gasteiger partial charge in [-0.05, 0) is 41.5 Å². The summed E-state index contributed by atoms with van der Waals surface area (Å²) >= 11 is 18.0. The van der Waals surface area contributed by atoms with E-state index in [9.17, 15) is 9.59 Å². The fourth-order valence-electron chi connectivity index (χ4n) is 2.81. The summed E-state index contributed by atoms with van der Waals surface area (Å²) in [5.41, 5.74) is 2.58. The Bertz CT molecular complexity index is 1160. The smallest absolute Gasteiger partial charge is 1.00 e. The van der Waals surface area contributed by atoms with Crippen molar-refractivity contribution >= 4 is 58.1 Å². The third-order valence-electron chi connectivity index (χ3n) is 4.29. The van der Waals surface area contributed by atoms with Crippen LogP contribution in [0.2, 0.25) is 15.1 Å². The van der Waals surface area contributed by atoms with Crippen molar-refractivity contribution in [1.29, 1.82) is 0 Å². The Morgan fingerprint density at radius 2 is 1.54 bits per heavy atom. The van der Waals surface area contributed by atoms with Crippen LogP contribution in [0.1, 0.15) is 12.6 Å². The van der Waals surface area contributed by atoms with Crippen LogP contribution in [-0.4, -0.2) is 28.8 Å². The molecule has 0 aliphatic rings. The normalized spacial score (nSPS) is 9.69. The molecule has 3 aromatic carbocycles. The van der Waals surface area contributed by atoms with Crippen LogP contribution in [0.25, 0.3) is 0 Å². The number of hydrogen-bond donors (Lipinski definition) is 3. The molecule has 0 aromatic heterocycles. The summed E-state index contributed by atoms with van der Waals surface area (Å²) in [5, 5.41) is 21.9. The van der Waals surface area contributed by atoms with Gasteiger partial charge in [-0.1, -0.05) is 77.8 Å². The number of benzene rings is 3. The van der Waals surface area contributed by atoms with Crippen LogP contribution in [-0.2, 0) is 22.4 Å². The van der Waals surface area contributed by atoms with Gasteiger partial charge in [-0.15, -0.1) is 0 Å². The zero-order valence-electron chi connectivity index (χ0n) is 19.9. The standard InChI is InChI=1S/C14H11Cl2NO2.C11H11ClO3.Na.H/c15-10-5-3-6-11(16)14(10)17-12-7-2-1-4-9(12)8-13(18)19;1-2-5-15-10-4-3-8(6-9(10)12)7-11(13)14;;/h1-7,17H,8H2,(H,18,19);2-4,6H,1,5,7H2,(H,13,14);;/q;;+1;-1. The number of ether oxygens (including phenoxy) is 1. The summed E-state index contributed by atoms with van der Waals surface area (Å²) in [4.78, 5) is 21.3. The number of hydrogen-bond acceptors (Lipinski definition) is 4. The molecule has 0 saturated carbocycles. The number of aliphatic carboxylic acids is 2. The van der Waals surface area contributed by atoms with E-state index in [4.69, 9.17) is 49.8 Å². The second-order valence-corrected chi connectivity index (χ2v) is 8.11. The first-order valence-corrected chi connectivity index (χ1v) is 11.1. The predicted molar refractivity (Wildman–Crippen MR) is 137 cm³/mol. The molecule has 0 heterocycles. The summed E-state index contributed by atoms with van der Waals surface area (Å²) in [6.07, 6.45) is 1.51. The first kappa shape index (κ1) is 30.8. The van der Waals surface area contributed by atoms with E-state index < -0.39 is 11.9 Å². The first-order chi connectivity index (χ1) is 16.2. The molecule has 3 rings (SSSR count). The van der Waals surface area contributed by atoms with E-state index in [1.807, 2.05) is 6.07 Å². The Morgan fingerprint density at radius 1 is 0.914 bits per heavy atom. The molecule has 0 saturated heterocycles. The minimum absolute atomic E-state index is 0. The van der Waals surface area contributed by atoms with Gasteiger partial charge in [0.1, 0.15) is 12.4 Å². The van der Waals surface area contributed by atoms with E-state index in [0.29, 0.717) is 49.9 Å². The molecule has 35 heavy (non-hydrogen) atoms. The third kappa shape index (κ3) is 10.5. The van der Waals surface area contributed by atoms with E-state index in [1.165, 1.54) is 0 Å². The average molecular weight is 547 g/mol. The van der Waals surface area contributed by atoms with Gasteiger partial charge < -0.3 is 21.7 Å². The molecule has 0 fully saturated rings. The maximum atomic E-state index is 10.8. The minimum atomic E-state index is -0.889. The molecule has 0 aliphatic heterocycles. The van der Waals surface area contributed by atoms with Crippen LogP contribution in [0, 0.1) is 0 Å². The number of carbonyl (C=O) groups is 2. The fraction of sp³-hybridized carbons (Fsp3) is 0.120. The van der Waals surface area contributed by atoms with Crippen molar-refractivity contribution in [3.8, 4) is 5.75 Å². The Kier molecular flexibility index (Phi) is 13.9. The van der Waals surface area contributed by atoms with E-state index >= 15 is 0 Å². The van der Waals surface area contributed by atoms with Gasteiger partial charge in [0.05, 0.1) is 33.6 Å². The average Bonchev–Trinajstić information content (AvgIpc) is 2.77. The van der Waals surface area contributed by atoms with Gasteiger partial charge in [-0.25, -0.2) is 0 Å². The first-order valence-electron chi connectivity index (χ1n) is 9.96. The number of para-hydroxylation sites is 2. The molecule has 0 aliphatic carbocycles. The monoisotopic (exact) mass is 545 g/mol. The van der Waals surface area contributed by atoms with Crippen LogP contribution >= 0.6 is 34.8 Å². The second-order valence-electron chi connectivity index (χ2n) is 6.88. The number of nitrogens with one attached hydrogen (secondary N) is 1. The van der Waals surface area contributed by atoms with Gasteiger partial charge in [-0.2, -0.15) is 0 Å². The maximum Gasteiger partial charge on any atom is 1.00 e. The molecule has 0 spiro atoms. The SMILES string of the molecule is C=CCOc1ccc(CC(=O)O)cc1Cl.O=C(O)Cc1ccccc1Nc1c(Cl)cccc1Cl.[H-].[Na+]. The second kappa shape index (κ2) is 15.7. The maximum absolute atomic E-state index is 10.8. The molecule has 180 valence electrons. The topological polar surface area (TPSA) is 95.9 Å². The summed E-state index contributed by atoms with van der Waals surface area (Å²) in [6.45, 7) is 3.89. The third-order valence-corrected chi connectivity index (χ3v) is 5.22. The fourth-order valence-corrected chi connectivity index (χ4v) is 3.56. The van der Waals surface area contributed by atoms with Crippen molar-refractivity contribution in [1.82, 2.24) is 0 Å². The molecule has 6 nitrogen and oxygen atoms in total. The molecule has 0 radical (unpaired) electrons. The van der Waals surface area contributed by atoms with E-state index in [-0.39, 0.29) is 43.8 Å². The van der Waals surface area contributed by atoms with Gasteiger partial charge in [-0.3, -0.25) is 9.59 Å². The summed E-state index contributed by atoms with van der Waals surface area (Å²) in [5.74, 6) is -1.24. The number of carboxylic acid groups (broad SMARTS) is 2. The Balaban J connectivity index is 0.000000662. The molecule has 10 heteroatoms. The van der Waals surface area contributed by atoms with Gasteiger partial charge in [0.15, 0.2) is 0 Å². The zero-order chi connectivity index (χ0) is 25.1. The van der Waals surface area contributed by atoms with Crippen LogP contribution in [0.15, 0.2) is 73.3 Å². The van der Waals surface area contributed by atoms with Crippen molar-refractivity contribution in [2.24, 2.45) is 0 Å². The predicted octanol–water partition coefficient (Wildman–Crippen LogP) is 4.01. The van der Waals surface area contributed by atoms with Gasteiger partial charge in [0.25, 0.3) is 0 Å². The van der Waals surface area contributed by atoms with Crippen LogP contribution < -0.4 is 39.6 Å². The molecular formula is C25H23Cl3NNaO5. The van der Waals surface area contributed by atoms with E-state index in [0.717, 1.165) is 0 Å². The Labute approximate surface area is 242 Å². The largest absolute Gasteiger partial charge is 1.00 e. The summed E-state index contributed by atoms with van der Waals surface area (Å²) in [7, 11) is 0. The Morgan fingerprint density at radius 3 is 2.11 bits per heavy atom. The van der Waals surface area contributed by atoms with Crippen molar-refractivity contribution in [3.05, 3.63) is 99.5 Å². The van der Waals surface area contributed by atoms with E-state index in [1.54, 1.807) is 60.7 Å². The minimum Gasteiger partial charge on any atom is -1.00 e. The van der Waals surface area contributed by atoms with Crippen molar-refractivity contribution in [3.63, 3.8) is 0 Å². The van der Waals surface area contributed by atoms with Crippen LogP contribution in [0.5, 0.6) is 5.75 Å². The number of rotatable bonds is 9. The van der Waals surface area contributed by atoms with E-state index in [2.05, 4.69) is 11.9 Å². The molecular weight excluding hydrogens is 524 g/mol. The number of halogens is 3. The van der Waals surface area contributed by atoms with Gasteiger partial charge in [0.2, 0.25) is 0 Å². The number of anilines is 2. The van der Waals surface area contributed by atoms with Crippen molar-refractivity contribution < 1.29 is 55.5 Å². The number of carboxylic acids is 2.